The zero-order valence-electron chi connectivity index (χ0n) is 11.1. The van der Waals surface area contributed by atoms with Crippen molar-refractivity contribution in [2.75, 3.05) is 7.11 Å². The van der Waals surface area contributed by atoms with Gasteiger partial charge in [0.25, 0.3) is 0 Å². The molecule has 0 fully saturated rings. The Bertz CT molecular complexity index is 373. The Morgan fingerprint density at radius 1 is 1.12 bits per heavy atom. The third kappa shape index (κ3) is 6.51. The number of hydrogen-bond acceptors (Lipinski definition) is 3. The summed E-state index contributed by atoms with van der Waals surface area (Å²) in [5, 5.41) is 0. The van der Waals surface area contributed by atoms with E-state index in [1.807, 2.05) is 32.9 Å². The zero-order valence-corrected chi connectivity index (χ0v) is 11.1. The van der Waals surface area contributed by atoms with E-state index in [9.17, 15) is 9.59 Å². The average Bonchev–Trinajstić information content (AvgIpc) is 2.26. The maximum absolute atomic E-state index is 11.2. The molecule has 0 rings (SSSR count). The first-order valence-corrected chi connectivity index (χ1v) is 5.49. The molecule has 3 nitrogen and oxygen atoms in total. The summed E-state index contributed by atoms with van der Waals surface area (Å²) in [5.41, 5.74) is 2.49. The number of ether oxygens (including phenoxy) is 1. The van der Waals surface area contributed by atoms with Crippen LogP contribution in [0.4, 0.5) is 0 Å². The minimum absolute atomic E-state index is 0.0928. The van der Waals surface area contributed by atoms with Gasteiger partial charge >= 0.3 is 5.97 Å². The predicted octanol–water partition coefficient (Wildman–Crippen LogP) is 2.83. The van der Waals surface area contributed by atoms with Gasteiger partial charge < -0.3 is 9.53 Å². The normalized spacial score (nSPS) is 15.5. The van der Waals surface area contributed by atoms with E-state index in [2.05, 4.69) is 4.74 Å². The van der Waals surface area contributed by atoms with Crippen LogP contribution in [0.25, 0.3) is 0 Å². The van der Waals surface area contributed by atoms with Crippen LogP contribution in [0, 0.1) is 5.92 Å². The van der Waals surface area contributed by atoms with Crippen molar-refractivity contribution < 1.29 is 14.3 Å². The molecule has 1 atom stereocenters. The Hall–Kier alpha value is -1.64. The molecule has 0 spiro atoms. The first-order valence-electron chi connectivity index (χ1n) is 5.49. The van der Waals surface area contributed by atoms with Crippen LogP contribution in [-0.4, -0.2) is 19.4 Å². The number of carbonyl (C=O) groups is 2. The van der Waals surface area contributed by atoms with E-state index in [0.717, 1.165) is 17.4 Å². The summed E-state index contributed by atoms with van der Waals surface area (Å²) in [6.07, 6.45) is 6.45. The molecular formula is C14H20O3. The lowest BCUT2D eigenvalue weighted by atomic mass is 10.1. The van der Waals surface area contributed by atoms with Crippen LogP contribution in [0.1, 0.15) is 27.7 Å². The van der Waals surface area contributed by atoms with Gasteiger partial charge in [-0.2, -0.15) is 0 Å². The molecular weight excluding hydrogens is 216 g/mol. The zero-order chi connectivity index (χ0) is 13.4. The van der Waals surface area contributed by atoms with Gasteiger partial charge in [-0.05, 0) is 26.8 Å². The first kappa shape index (κ1) is 15.4. The topological polar surface area (TPSA) is 43.4 Å². The molecule has 3 heteroatoms. The van der Waals surface area contributed by atoms with Crippen LogP contribution in [0.2, 0.25) is 0 Å². The molecule has 0 bridgehead atoms. The molecule has 0 unspecified atom stereocenters. The fourth-order valence-corrected chi connectivity index (χ4v) is 1.46. The van der Waals surface area contributed by atoms with Gasteiger partial charge in [-0.1, -0.05) is 30.2 Å². The molecule has 0 aliphatic carbocycles. The largest absolute Gasteiger partial charge is 0.466 e. The quantitative estimate of drug-likeness (QED) is 0.319. The van der Waals surface area contributed by atoms with E-state index in [1.54, 1.807) is 13.0 Å². The number of esters is 1. The van der Waals surface area contributed by atoms with Gasteiger partial charge in [-0.3, -0.25) is 0 Å². The molecule has 94 valence electrons. The lowest BCUT2D eigenvalue weighted by molar-refractivity contribution is -0.136. The predicted molar refractivity (Wildman–Crippen MR) is 68.5 cm³/mol. The van der Waals surface area contributed by atoms with Crippen molar-refractivity contribution in [3.63, 3.8) is 0 Å². The summed E-state index contributed by atoms with van der Waals surface area (Å²) < 4.78 is 4.60. The van der Waals surface area contributed by atoms with Crippen LogP contribution in [0.5, 0.6) is 0 Å². The highest BCUT2D eigenvalue weighted by molar-refractivity contribution is 5.88. The molecule has 0 N–H and O–H groups in total. The van der Waals surface area contributed by atoms with Crippen LogP contribution in [0.3, 0.4) is 0 Å². The third-order valence-electron chi connectivity index (χ3n) is 2.15. The minimum atomic E-state index is -0.333. The maximum Gasteiger partial charge on any atom is 0.333 e. The summed E-state index contributed by atoms with van der Waals surface area (Å²) in [5.74, 6) is -0.426. The summed E-state index contributed by atoms with van der Waals surface area (Å²) >= 11 is 0. The smallest absolute Gasteiger partial charge is 0.333 e. The molecule has 0 aromatic heterocycles. The van der Waals surface area contributed by atoms with Crippen LogP contribution < -0.4 is 0 Å². The molecule has 0 amide bonds. The number of aldehydes is 1. The Morgan fingerprint density at radius 3 is 2.18 bits per heavy atom. The van der Waals surface area contributed by atoms with Crippen molar-refractivity contribution in [2.45, 2.75) is 27.7 Å². The molecule has 17 heavy (non-hydrogen) atoms. The Balaban J connectivity index is 4.82. The number of allylic oxidation sites excluding steroid dienone is 5. The van der Waals surface area contributed by atoms with E-state index < -0.39 is 0 Å². The monoisotopic (exact) mass is 236 g/mol. The van der Waals surface area contributed by atoms with Crippen molar-refractivity contribution in [3.05, 3.63) is 34.9 Å². The molecule has 0 saturated carbocycles. The summed E-state index contributed by atoms with van der Waals surface area (Å²) in [6, 6.07) is 0. The van der Waals surface area contributed by atoms with Crippen LogP contribution in [-0.2, 0) is 14.3 Å². The lowest BCUT2D eigenvalue weighted by Crippen LogP contribution is -2.01. The molecule has 0 radical (unpaired) electrons. The van der Waals surface area contributed by atoms with E-state index in [-0.39, 0.29) is 11.9 Å². The summed E-state index contributed by atoms with van der Waals surface area (Å²) in [7, 11) is 1.36. The van der Waals surface area contributed by atoms with Gasteiger partial charge in [0, 0.05) is 11.5 Å². The number of hydrogen-bond donors (Lipinski definition) is 0. The van der Waals surface area contributed by atoms with Crippen molar-refractivity contribution in [1.29, 1.82) is 0 Å². The first-order chi connectivity index (χ1) is 7.90. The highest BCUT2D eigenvalue weighted by Gasteiger charge is 2.02. The maximum atomic E-state index is 11.2. The van der Waals surface area contributed by atoms with E-state index in [1.165, 1.54) is 7.11 Å². The van der Waals surface area contributed by atoms with Crippen molar-refractivity contribution >= 4 is 12.3 Å². The van der Waals surface area contributed by atoms with Crippen LogP contribution >= 0.6 is 0 Å². The van der Waals surface area contributed by atoms with Gasteiger partial charge in [0.05, 0.1) is 7.11 Å². The summed E-state index contributed by atoms with van der Waals surface area (Å²) in [6.45, 7) is 7.35. The van der Waals surface area contributed by atoms with Crippen LogP contribution in [0.15, 0.2) is 34.9 Å². The molecule has 0 saturated heterocycles. The van der Waals surface area contributed by atoms with Gasteiger partial charge in [-0.25, -0.2) is 4.79 Å². The molecule has 0 aliphatic heterocycles. The summed E-state index contributed by atoms with van der Waals surface area (Å²) in [4.78, 5) is 21.7. The molecule has 0 aromatic carbocycles. The lowest BCUT2D eigenvalue weighted by Gasteiger charge is -2.01. The Kier molecular flexibility index (Phi) is 6.87. The fraction of sp³-hybridized carbons (Fsp3) is 0.429. The van der Waals surface area contributed by atoms with E-state index in [0.29, 0.717) is 5.57 Å². The van der Waals surface area contributed by atoms with Crippen molar-refractivity contribution in [2.24, 2.45) is 5.92 Å². The molecule has 0 aromatic rings. The second kappa shape index (κ2) is 7.60. The number of rotatable bonds is 5. The van der Waals surface area contributed by atoms with Gasteiger partial charge in [0.1, 0.15) is 6.29 Å². The SMILES string of the molecule is COC(=O)/C(C)=C/C(C)=C/C(C)=C/[C@@H](C)C=O. The van der Waals surface area contributed by atoms with Crippen molar-refractivity contribution in [1.82, 2.24) is 0 Å². The number of methoxy groups -OCH3 is 1. The third-order valence-corrected chi connectivity index (χ3v) is 2.15. The van der Waals surface area contributed by atoms with Gasteiger partial charge in [-0.15, -0.1) is 0 Å². The fourth-order valence-electron chi connectivity index (χ4n) is 1.46. The molecule has 0 heterocycles. The average molecular weight is 236 g/mol. The van der Waals surface area contributed by atoms with Crippen molar-refractivity contribution in [3.8, 4) is 0 Å². The highest BCUT2D eigenvalue weighted by Crippen LogP contribution is 2.09. The molecule has 0 aliphatic rings. The number of carbonyl (C=O) groups excluding carboxylic acids is 2. The Morgan fingerprint density at radius 2 is 1.71 bits per heavy atom. The van der Waals surface area contributed by atoms with Gasteiger partial charge in [0.15, 0.2) is 0 Å². The van der Waals surface area contributed by atoms with E-state index >= 15 is 0 Å². The minimum Gasteiger partial charge on any atom is -0.466 e. The van der Waals surface area contributed by atoms with Gasteiger partial charge in [0.2, 0.25) is 0 Å². The second-order valence-corrected chi connectivity index (χ2v) is 4.11. The second-order valence-electron chi connectivity index (χ2n) is 4.11. The Labute approximate surface area is 103 Å². The standard InChI is InChI=1S/C14H20O3/c1-10(7-12(3)9-15)6-11(2)8-13(4)14(16)17-5/h6-9,12H,1-5H3/b10-7+,11-6+,13-8+/t12-/m1/s1. The van der Waals surface area contributed by atoms with E-state index in [4.69, 9.17) is 0 Å². The highest BCUT2D eigenvalue weighted by atomic mass is 16.5.